The van der Waals surface area contributed by atoms with E-state index < -0.39 is 23.6 Å². The van der Waals surface area contributed by atoms with Gasteiger partial charge in [0.25, 0.3) is 0 Å². The maximum Gasteiger partial charge on any atom is 0.328 e. The van der Waals surface area contributed by atoms with Gasteiger partial charge in [-0.25, -0.2) is 9.59 Å². The van der Waals surface area contributed by atoms with E-state index in [4.69, 9.17) is 5.11 Å². The van der Waals surface area contributed by atoms with Crippen molar-refractivity contribution in [3.05, 3.63) is 0 Å². The summed E-state index contributed by atoms with van der Waals surface area (Å²) in [6.45, 7) is 4.19. The Morgan fingerprint density at radius 3 is 2.12 bits per heavy atom. The first kappa shape index (κ1) is 14.2. The molecule has 0 aromatic carbocycles. The van der Waals surface area contributed by atoms with Gasteiger partial charge in [0.1, 0.15) is 11.6 Å². The number of carbonyl (C=O) groups is 3. The molecule has 0 saturated heterocycles. The minimum atomic E-state index is -1.38. The van der Waals surface area contributed by atoms with E-state index in [9.17, 15) is 14.4 Å². The van der Waals surface area contributed by atoms with Crippen molar-refractivity contribution in [1.82, 2.24) is 16.0 Å². The Balaban J connectivity index is 4.29. The summed E-state index contributed by atoms with van der Waals surface area (Å²) in [6, 6.07) is -1.43. The van der Waals surface area contributed by atoms with Gasteiger partial charge in [-0.3, -0.25) is 4.79 Å². The standard InChI is InChI=1S/C9H17N3O4/c1-5(6(13)10-4)11-8(16)12-9(2,3)7(14)15/h5H,1-4H3,(H,10,13)(H,14,15)(H2,11,12,16). The first-order valence-electron chi connectivity index (χ1n) is 4.74. The first-order valence-corrected chi connectivity index (χ1v) is 4.74. The number of hydrogen-bond donors (Lipinski definition) is 4. The smallest absolute Gasteiger partial charge is 0.328 e. The number of likely N-dealkylation sites (N-methyl/N-ethyl adjacent to an activating group) is 1. The molecule has 0 rings (SSSR count). The molecule has 0 aromatic heterocycles. The van der Waals surface area contributed by atoms with Gasteiger partial charge in [-0.2, -0.15) is 0 Å². The molecule has 0 radical (unpaired) electrons. The number of carbonyl (C=O) groups excluding carboxylic acids is 2. The summed E-state index contributed by atoms with van der Waals surface area (Å²) >= 11 is 0. The maximum absolute atomic E-state index is 11.3. The van der Waals surface area contributed by atoms with Crippen LogP contribution in [-0.4, -0.2) is 41.6 Å². The number of carboxylic acid groups (broad SMARTS) is 1. The van der Waals surface area contributed by atoms with Gasteiger partial charge in [-0.05, 0) is 20.8 Å². The van der Waals surface area contributed by atoms with Crippen LogP contribution < -0.4 is 16.0 Å². The number of rotatable bonds is 4. The Bertz CT molecular complexity index is 301. The molecule has 0 aromatic rings. The third-order valence-electron chi connectivity index (χ3n) is 1.95. The van der Waals surface area contributed by atoms with E-state index in [1.54, 1.807) is 0 Å². The van der Waals surface area contributed by atoms with E-state index >= 15 is 0 Å². The summed E-state index contributed by atoms with van der Waals surface area (Å²) in [4.78, 5) is 33.1. The molecule has 0 bridgehead atoms. The van der Waals surface area contributed by atoms with Gasteiger partial charge in [-0.1, -0.05) is 0 Å². The van der Waals surface area contributed by atoms with Crippen molar-refractivity contribution >= 4 is 17.9 Å². The lowest BCUT2D eigenvalue weighted by atomic mass is 10.1. The molecule has 0 aliphatic rings. The summed E-state index contributed by atoms with van der Waals surface area (Å²) < 4.78 is 0. The molecule has 4 N–H and O–H groups in total. The molecule has 1 unspecified atom stereocenters. The zero-order valence-electron chi connectivity index (χ0n) is 9.75. The molecule has 0 heterocycles. The van der Waals surface area contributed by atoms with Crippen LogP contribution in [0.15, 0.2) is 0 Å². The fourth-order valence-electron chi connectivity index (χ4n) is 0.852. The van der Waals surface area contributed by atoms with E-state index in [2.05, 4.69) is 16.0 Å². The van der Waals surface area contributed by atoms with Crippen molar-refractivity contribution in [3.63, 3.8) is 0 Å². The molecule has 1 atom stereocenters. The molecule has 0 fully saturated rings. The highest BCUT2D eigenvalue weighted by atomic mass is 16.4. The number of amides is 3. The monoisotopic (exact) mass is 231 g/mol. The summed E-state index contributed by atoms with van der Waals surface area (Å²) in [5.74, 6) is -1.52. The van der Waals surface area contributed by atoms with E-state index in [1.807, 2.05) is 0 Å². The highest BCUT2D eigenvalue weighted by molar-refractivity contribution is 5.89. The molecule has 92 valence electrons. The summed E-state index contributed by atoms with van der Waals surface area (Å²) in [7, 11) is 1.44. The Labute approximate surface area is 93.6 Å². The summed E-state index contributed by atoms with van der Waals surface area (Å²) in [6.07, 6.45) is 0. The highest BCUT2D eigenvalue weighted by Gasteiger charge is 2.29. The van der Waals surface area contributed by atoms with E-state index in [1.165, 1.54) is 27.8 Å². The molecule has 16 heavy (non-hydrogen) atoms. The molecule has 7 heteroatoms. The topological polar surface area (TPSA) is 108 Å². The van der Waals surface area contributed by atoms with Crippen LogP contribution in [0.1, 0.15) is 20.8 Å². The minimum absolute atomic E-state index is 0.358. The van der Waals surface area contributed by atoms with E-state index in [0.717, 1.165) is 0 Å². The van der Waals surface area contributed by atoms with Crippen LogP contribution in [0.5, 0.6) is 0 Å². The molecular formula is C9H17N3O4. The lowest BCUT2D eigenvalue weighted by Crippen LogP contribution is -2.56. The van der Waals surface area contributed by atoms with Crippen LogP contribution in [0.3, 0.4) is 0 Å². The highest BCUT2D eigenvalue weighted by Crippen LogP contribution is 2.01. The van der Waals surface area contributed by atoms with Crippen molar-refractivity contribution < 1.29 is 19.5 Å². The minimum Gasteiger partial charge on any atom is -0.480 e. The van der Waals surface area contributed by atoms with Crippen molar-refractivity contribution in [3.8, 4) is 0 Å². The predicted molar refractivity (Wildman–Crippen MR) is 56.9 cm³/mol. The van der Waals surface area contributed by atoms with E-state index in [-0.39, 0.29) is 5.91 Å². The van der Waals surface area contributed by atoms with Crippen LogP contribution in [0.4, 0.5) is 4.79 Å². The van der Waals surface area contributed by atoms with Crippen LogP contribution in [0, 0.1) is 0 Å². The average Bonchev–Trinajstić information content (AvgIpc) is 2.14. The van der Waals surface area contributed by atoms with E-state index in [0.29, 0.717) is 0 Å². The zero-order chi connectivity index (χ0) is 12.9. The largest absolute Gasteiger partial charge is 0.480 e. The van der Waals surface area contributed by atoms with Gasteiger partial charge in [0.05, 0.1) is 0 Å². The van der Waals surface area contributed by atoms with Crippen molar-refractivity contribution in [1.29, 1.82) is 0 Å². The molecular weight excluding hydrogens is 214 g/mol. The Kier molecular flexibility index (Phi) is 4.74. The van der Waals surface area contributed by atoms with Gasteiger partial charge in [0.15, 0.2) is 0 Å². The zero-order valence-corrected chi connectivity index (χ0v) is 9.75. The van der Waals surface area contributed by atoms with Gasteiger partial charge >= 0.3 is 12.0 Å². The van der Waals surface area contributed by atoms with Crippen LogP contribution in [0.2, 0.25) is 0 Å². The number of hydrogen-bond acceptors (Lipinski definition) is 3. The Morgan fingerprint density at radius 1 is 1.25 bits per heavy atom. The fourth-order valence-corrected chi connectivity index (χ4v) is 0.852. The third kappa shape index (κ3) is 4.16. The molecule has 0 aliphatic heterocycles. The average molecular weight is 231 g/mol. The maximum atomic E-state index is 11.3. The molecule has 0 saturated carbocycles. The molecule has 3 amide bonds. The van der Waals surface area contributed by atoms with Crippen molar-refractivity contribution in [2.45, 2.75) is 32.4 Å². The fraction of sp³-hybridized carbons (Fsp3) is 0.667. The summed E-state index contributed by atoms with van der Waals surface area (Å²) in [5.41, 5.74) is -1.38. The van der Waals surface area contributed by atoms with Crippen molar-refractivity contribution in [2.24, 2.45) is 0 Å². The van der Waals surface area contributed by atoms with Gasteiger partial charge in [0, 0.05) is 7.05 Å². The van der Waals surface area contributed by atoms with Gasteiger partial charge in [-0.15, -0.1) is 0 Å². The lowest BCUT2D eigenvalue weighted by molar-refractivity contribution is -0.142. The van der Waals surface area contributed by atoms with Crippen LogP contribution >= 0.6 is 0 Å². The Hall–Kier alpha value is -1.79. The molecule has 7 nitrogen and oxygen atoms in total. The SMILES string of the molecule is CNC(=O)C(C)NC(=O)NC(C)(C)C(=O)O. The normalized spacial score (nSPS) is 12.5. The van der Waals surface area contributed by atoms with Crippen LogP contribution in [-0.2, 0) is 9.59 Å². The predicted octanol–water partition coefficient (Wildman–Crippen LogP) is -0.717. The second-order valence-electron chi connectivity index (χ2n) is 3.86. The lowest BCUT2D eigenvalue weighted by Gasteiger charge is -2.22. The number of aliphatic carboxylic acids is 1. The van der Waals surface area contributed by atoms with Gasteiger partial charge in [0.2, 0.25) is 5.91 Å². The summed E-state index contributed by atoms with van der Waals surface area (Å²) in [5, 5.41) is 15.7. The number of carboxylic acids is 1. The van der Waals surface area contributed by atoms with Crippen molar-refractivity contribution in [2.75, 3.05) is 7.05 Å². The quantitative estimate of drug-likeness (QED) is 0.512. The Morgan fingerprint density at radius 2 is 1.75 bits per heavy atom. The molecule has 0 spiro atoms. The number of nitrogens with one attached hydrogen (secondary N) is 3. The first-order chi connectivity index (χ1) is 7.20. The third-order valence-corrected chi connectivity index (χ3v) is 1.95. The molecule has 0 aliphatic carbocycles. The number of urea groups is 1. The second-order valence-corrected chi connectivity index (χ2v) is 3.86. The van der Waals surface area contributed by atoms with Crippen LogP contribution in [0.25, 0.3) is 0 Å². The van der Waals surface area contributed by atoms with Gasteiger partial charge < -0.3 is 21.1 Å². The second kappa shape index (κ2) is 5.34.